The molecule has 1 saturated heterocycles. The lowest BCUT2D eigenvalue weighted by Gasteiger charge is -2.69. The maximum Gasteiger partial charge on any atom is 0.331 e. The third-order valence-corrected chi connectivity index (χ3v) is 13.1. The van der Waals surface area contributed by atoms with Gasteiger partial charge in [-0.15, -0.1) is 0 Å². The van der Waals surface area contributed by atoms with Gasteiger partial charge in [-0.1, -0.05) is 37.3 Å². The molecular weight excluding hydrogens is 574 g/mol. The monoisotopic (exact) mass is 623 g/mol. The van der Waals surface area contributed by atoms with Gasteiger partial charge in [-0.05, 0) is 43.4 Å². The predicted molar refractivity (Wildman–Crippen MR) is 166 cm³/mol. The molecule has 6 aliphatic rings. The number of ether oxygens (including phenoxy) is 6. The quantitative estimate of drug-likeness (QED) is 0.283. The molecule has 7 rings (SSSR count). The second-order valence-corrected chi connectivity index (χ2v) is 14.5. The molecule has 6 fully saturated rings. The van der Waals surface area contributed by atoms with Gasteiger partial charge in [0.25, 0.3) is 0 Å². The molecule has 0 radical (unpaired) electrons. The maximum absolute atomic E-state index is 14.0. The number of hydrogen-bond acceptors (Lipinski definition) is 9. The second kappa shape index (κ2) is 11.4. The number of carbonyl (C=O) groups excluding carboxylic acids is 2. The summed E-state index contributed by atoms with van der Waals surface area (Å²) in [7, 11) is 7.20. The van der Waals surface area contributed by atoms with Gasteiger partial charge in [0.05, 0.1) is 24.9 Å². The summed E-state index contributed by atoms with van der Waals surface area (Å²) in [5.74, 6) is -0.887. The van der Waals surface area contributed by atoms with E-state index in [4.69, 9.17) is 28.4 Å². The molecule has 0 amide bonds. The van der Waals surface area contributed by atoms with Crippen LogP contribution in [0, 0.1) is 40.4 Å². The van der Waals surface area contributed by atoms with Crippen molar-refractivity contribution in [3.05, 3.63) is 42.0 Å². The van der Waals surface area contributed by atoms with E-state index in [0.29, 0.717) is 13.0 Å². The first kappa shape index (κ1) is 31.3. The number of methoxy groups -OCH3 is 4. The fourth-order valence-corrected chi connectivity index (χ4v) is 12.4. The van der Waals surface area contributed by atoms with Crippen LogP contribution in [-0.4, -0.2) is 101 Å². The van der Waals surface area contributed by atoms with Crippen LogP contribution in [0.5, 0.6) is 0 Å². The normalized spacial score (nSPS) is 45.9. The van der Waals surface area contributed by atoms with Crippen LogP contribution >= 0.6 is 0 Å². The summed E-state index contributed by atoms with van der Waals surface area (Å²) in [6, 6.07) is 9.83. The zero-order chi connectivity index (χ0) is 31.7. The molecule has 1 aromatic rings. The van der Waals surface area contributed by atoms with E-state index in [-0.39, 0.29) is 70.7 Å². The Morgan fingerprint density at radius 2 is 1.80 bits per heavy atom. The zero-order valence-corrected chi connectivity index (χ0v) is 27.5. The summed E-state index contributed by atoms with van der Waals surface area (Å²) in [6.07, 6.45) is 5.72. The standard InChI is InChI=1S/C36H49NO8/c1-7-37-19-34(20-40-3)16-15-26(42-5)36-24-17-23-25(41-4)18-35(28(24)30(23)44-21(2)38,29(33(36)37)31(43-6)32(34)36)45-27(39)14-13-22-11-9-8-10-12-22/h8-14,23-26,28-33H,7,15-20H2,1-6H3/t23-,24-,25+,26+,28-,29+,30+,31+,32-,33-,34+,35-,36+/m1/s1. The smallest absolute Gasteiger partial charge is 0.331 e. The summed E-state index contributed by atoms with van der Waals surface area (Å²) in [5.41, 5.74) is -0.481. The summed E-state index contributed by atoms with van der Waals surface area (Å²) in [4.78, 5) is 29.4. The first-order chi connectivity index (χ1) is 21.8. The minimum Gasteiger partial charge on any atom is -0.462 e. The Hall–Kier alpha value is -2.30. The van der Waals surface area contributed by atoms with E-state index in [1.807, 2.05) is 44.6 Å². The van der Waals surface area contributed by atoms with Crippen LogP contribution < -0.4 is 0 Å². The van der Waals surface area contributed by atoms with E-state index < -0.39 is 17.7 Å². The fraction of sp³-hybridized carbons (Fsp3) is 0.722. The highest BCUT2D eigenvalue weighted by Gasteiger charge is 2.88. The van der Waals surface area contributed by atoms with Gasteiger partial charge in [0.15, 0.2) is 0 Å². The number of carbonyl (C=O) groups is 2. The Morgan fingerprint density at radius 3 is 2.44 bits per heavy atom. The Morgan fingerprint density at radius 1 is 1.02 bits per heavy atom. The molecule has 0 unspecified atom stereocenters. The summed E-state index contributed by atoms with van der Waals surface area (Å²) in [5, 5.41) is 0. The van der Waals surface area contributed by atoms with Gasteiger partial charge in [0.2, 0.25) is 0 Å². The van der Waals surface area contributed by atoms with Gasteiger partial charge in [-0.2, -0.15) is 0 Å². The van der Waals surface area contributed by atoms with Crippen molar-refractivity contribution in [3.63, 3.8) is 0 Å². The Labute approximate surface area is 266 Å². The first-order valence-electron chi connectivity index (χ1n) is 16.7. The topological polar surface area (TPSA) is 92.8 Å². The molecule has 45 heavy (non-hydrogen) atoms. The molecule has 5 saturated carbocycles. The molecule has 246 valence electrons. The molecule has 7 bridgehead atoms. The molecule has 9 nitrogen and oxygen atoms in total. The van der Waals surface area contributed by atoms with E-state index in [1.165, 1.54) is 13.0 Å². The van der Waals surface area contributed by atoms with Crippen LogP contribution in [0.15, 0.2) is 36.4 Å². The van der Waals surface area contributed by atoms with Crippen molar-refractivity contribution in [1.29, 1.82) is 0 Å². The Bertz CT molecular complexity index is 1320. The van der Waals surface area contributed by atoms with Crippen LogP contribution in [-0.2, 0) is 38.0 Å². The Kier molecular flexibility index (Phi) is 7.96. The number of nitrogens with zero attached hydrogens (tertiary/aromatic N) is 1. The van der Waals surface area contributed by atoms with Crippen molar-refractivity contribution in [2.24, 2.45) is 40.4 Å². The third-order valence-electron chi connectivity index (χ3n) is 13.1. The predicted octanol–water partition coefficient (Wildman–Crippen LogP) is 3.99. The number of fused-ring (bicyclic) bond motifs is 2. The fourth-order valence-electron chi connectivity index (χ4n) is 12.4. The van der Waals surface area contributed by atoms with Crippen LogP contribution in [0.25, 0.3) is 6.08 Å². The van der Waals surface area contributed by atoms with Gasteiger partial charge < -0.3 is 28.4 Å². The average molecular weight is 624 g/mol. The number of likely N-dealkylation sites (tertiary alicyclic amines) is 1. The maximum atomic E-state index is 14.0. The molecule has 1 aromatic carbocycles. The minimum absolute atomic E-state index is 0.00219. The molecule has 1 aliphatic heterocycles. The number of benzene rings is 1. The highest BCUT2D eigenvalue weighted by atomic mass is 16.6. The van der Waals surface area contributed by atoms with Crippen LogP contribution in [0.2, 0.25) is 0 Å². The molecular formula is C36H49NO8. The molecule has 0 aromatic heterocycles. The Balaban J connectivity index is 1.45. The molecule has 1 heterocycles. The zero-order valence-electron chi connectivity index (χ0n) is 27.5. The molecule has 0 N–H and O–H groups in total. The first-order valence-corrected chi connectivity index (χ1v) is 16.7. The lowest BCUT2D eigenvalue weighted by Crippen LogP contribution is -2.77. The van der Waals surface area contributed by atoms with Crippen molar-refractivity contribution in [2.45, 2.75) is 75.6 Å². The molecule has 1 spiro atoms. The van der Waals surface area contributed by atoms with Gasteiger partial charge in [-0.25, -0.2) is 4.79 Å². The van der Waals surface area contributed by atoms with E-state index in [0.717, 1.165) is 37.9 Å². The van der Waals surface area contributed by atoms with Crippen molar-refractivity contribution in [1.82, 2.24) is 4.90 Å². The van der Waals surface area contributed by atoms with Gasteiger partial charge in [0, 0.05) is 94.9 Å². The lowest BCUT2D eigenvalue weighted by atomic mass is 9.43. The lowest BCUT2D eigenvalue weighted by molar-refractivity contribution is -0.280. The number of piperidine rings is 1. The van der Waals surface area contributed by atoms with Gasteiger partial charge >= 0.3 is 11.9 Å². The summed E-state index contributed by atoms with van der Waals surface area (Å²) < 4.78 is 38.7. The minimum atomic E-state index is -0.973. The van der Waals surface area contributed by atoms with Gasteiger partial charge in [0.1, 0.15) is 11.7 Å². The van der Waals surface area contributed by atoms with Crippen LogP contribution in [0.1, 0.15) is 45.1 Å². The van der Waals surface area contributed by atoms with Crippen molar-refractivity contribution in [3.8, 4) is 0 Å². The van der Waals surface area contributed by atoms with E-state index in [1.54, 1.807) is 20.3 Å². The van der Waals surface area contributed by atoms with Crippen LogP contribution in [0.4, 0.5) is 0 Å². The van der Waals surface area contributed by atoms with E-state index >= 15 is 0 Å². The molecule has 9 heteroatoms. The number of rotatable bonds is 10. The summed E-state index contributed by atoms with van der Waals surface area (Å²) >= 11 is 0. The third kappa shape index (κ3) is 4.16. The number of esters is 2. The highest BCUT2D eigenvalue weighted by Crippen LogP contribution is 2.80. The SMILES string of the molecule is CCN1C[C@]2(COC)CC[C@H](OC)[C@@]34[C@@H]5C[C@H]6[C@H](OC(C)=O)[C@@H]5[C@](OC(=O)C=Cc5ccccc5)(C[C@@H]6OC)[C@@H]([C@H](OC)[C@H]23)[C@@H]14. The molecule has 5 aliphatic carbocycles. The van der Waals surface area contributed by atoms with Crippen molar-refractivity contribution in [2.75, 3.05) is 48.1 Å². The van der Waals surface area contributed by atoms with Crippen LogP contribution in [0.3, 0.4) is 0 Å². The molecule has 13 atom stereocenters. The largest absolute Gasteiger partial charge is 0.462 e. The van der Waals surface area contributed by atoms with E-state index in [2.05, 4.69) is 11.8 Å². The van der Waals surface area contributed by atoms with Gasteiger partial charge in [-0.3, -0.25) is 9.69 Å². The number of hydrogen-bond donors (Lipinski definition) is 0. The summed E-state index contributed by atoms with van der Waals surface area (Å²) in [6.45, 7) is 6.10. The van der Waals surface area contributed by atoms with E-state index in [9.17, 15) is 9.59 Å². The highest BCUT2D eigenvalue weighted by molar-refractivity contribution is 5.87. The average Bonchev–Trinajstić information content (AvgIpc) is 3.45. The van der Waals surface area contributed by atoms with Crippen molar-refractivity contribution >= 4 is 18.0 Å². The second-order valence-electron chi connectivity index (χ2n) is 14.5. The van der Waals surface area contributed by atoms with Crippen molar-refractivity contribution < 1.29 is 38.0 Å².